The first-order valence-corrected chi connectivity index (χ1v) is 8.10. The van der Waals surface area contributed by atoms with Crippen LogP contribution in [0.25, 0.3) is 6.08 Å². The predicted octanol–water partition coefficient (Wildman–Crippen LogP) is 4.04. The number of benzene rings is 1. The summed E-state index contributed by atoms with van der Waals surface area (Å²) in [6, 6.07) is 10.8. The molecule has 1 aromatic carbocycles. The fraction of sp³-hybridized carbons (Fsp3) is 0.125. The first-order valence-electron chi connectivity index (χ1n) is 6.51. The van der Waals surface area contributed by atoms with Crippen molar-refractivity contribution in [1.82, 2.24) is 5.32 Å². The molecule has 23 heavy (non-hydrogen) atoms. The number of nitrogens with zero attached hydrogens (tertiary/aromatic N) is 1. The smallest absolute Gasteiger partial charge is 0.262 e. The highest BCUT2D eigenvalue weighted by atomic mass is 79.9. The zero-order chi connectivity index (χ0) is 16.8. The number of nitriles is 1. The molecule has 118 valence electrons. The Labute approximate surface area is 150 Å². The van der Waals surface area contributed by atoms with Crippen LogP contribution in [-0.4, -0.2) is 13.0 Å². The van der Waals surface area contributed by atoms with Gasteiger partial charge in [0.25, 0.3) is 5.91 Å². The van der Waals surface area contributed by atoms with Crippen molar-refractivity contribution < 1.29 is 13.9 Å². The lowest BCUT2D eigenvalue weighted by Crippen LogP contribution is -2.23. The quantitative estimate of drug-likeness (QED) is 0.563. The van der Waals surface area contributed by atoms with E-state index in [1.807, 2.05) is 18.2 Å². The Morgan fingerprint density at radius 1 is 1.39 bits per heavy atom. The normalized spacial score (nSPS) is 11.0. The highest BCUT2D eigenvalue weighted by Gasteiger charge is 2.11. The number of hydrogen-bond donors (Lipinski definition) is 1. The molecule has 5 nitrogen and oxygen atoms in total. The second kappa shape index (κ2) is 7.99. The minimum absolute atomic E-state index is 0.0349. The molecular weight excluding hydrogens is 428 g/mol. The Morgan fingerprint density at radius 3 is 2.61 bits per heavy atom. The van der Waals surface area contributed by atoms with Gasteiger partial charge in [0.1, 0.15) is 23.2 Å². The number of furan rings is 1. The van der Waals surface area contributed by atoms with Gasteiger partial charge in [0, 0.05) is 12.6 Å². The number of nitrogens with one attached hydrogen (secondary N) is 1. The topological polar surface area (TPSA) is 75.3 Å². The predicted molar refractivity (Wildman–Crippen MR) is 92.5 cm³/mol. The maximum Gasteiger partial charge on any atom is 0.262 e. The van der Waals surface area contributed by atoms with Crippen molar-refractivity contribution in [1.29, 1.82) is 5.26 Å². The molecule has 0 atom stereocenters. The maximum absolute atomic E-state index is 12.1. The van der Waals surface area contributed by atoms with E-state index in [4.69, 9.17) is 14.4 Å². The summed E-state index contributed by atoms with van der Waals surface area (Å²) < 4.78 is 11.6. The van der Waals surface area contributed by atoms with Gasteiger partial charge in [-0.05, 0) is 55.6 Å². The summed E-state index contributed by atoms with van der Waals surface area (Å²) in [4.78, 5) is 12.1. The average Bonchev–Trinajstić information content (AvgIpc) is 2.88. The number of carbonyl (C=O) groups is 1. The lowest BCUT2D eigenvalue weighted by Gasteiger charge is -2.05. The van der Waals surface area contributed by atoms with E-state index in [1.54, 1.807) is 25.3 Å². The molecule has 0 bridgehead atoms. The molecule has 0 aliphatic heterocycles. The fourth-order valence-electron chi connectivity index (χ4n) is 1.75. The highest BCUT2D eigenvalue weighted by Crippen LogP contribution is 2.27. The van der Waals surface area contributed by atoms with Gasteiger partial charge >= 0.3 is 0 Å². The summed E-state index contributed by atoms with van der Waals surface area (Å²) in [6.45, 7) is 0.313. The minimum Gasteiger partial charge on any atom is -0.497 e. The number of amides is 1. The van der Waals surface area contributed by atoms with Gasteiger partial charge in [-0.2, -0.15) is 5.26 Å². The van der Waals surface area contributed by atoms with Crippen molar-refractivity contribution in [2.45, 2.75) is 6.54 Å². The minimum atomic E-state index is -0.466. The van der Waals surface area contributed by atoms with E-state index in [-0.39, 0.29) is 5.57 Å². The van der Waals surface area contributed by atoms with Crippen molar-refractivity contribution in [2.75, 3.05) is 7.11 Å². The van der Waals surface area contributed by atoms with Gasteiger partial charge in [-0.15, -0.1) is 0 Å². The van der Waals surface area contributed by atoms with Crippen LogP contribution in [0, 0.1) is 11.3 Å². The maximum atomic E-state index is 12.1. The molecule has 2 rings (SSSR count). The standard InChI is InChI=1S/C16H12Br2N2O3/c1-22-12-4-2-10(3-5-12)9-20-16(21)11(8-19)6-13-7-14(17)15(18)23-13/h2-7H,9H2,1H3,(H,20,21). The van der Waals surface area contributed by atoms with Crippen LogP contribution in [0.5, 0.6) is 5.75 Å². The number of methoxy groups -OCH3 is 1. The number of ether oxygens (including phenoxy) is 1. The first kappa shape index (κ1) is 17.3. The Morgan fingerprint density at radius 2 is 2.09 bits per heavy atom. The summed E-state index contributed by atoms with van der Waals surface area (Å²) >= 11 is 6.48. The highest BCUT2D eigenvalue weighted by molar-refractivity contribution is 9.13. The molecule has 1 heterocycles. The van der Waals surface area contributed by atoms with Crippen LogP contribution < -0.4 is 10.1 Å². The van der Waals surface area contributed by atoms with Crippen LogP contribution in [-0.2, 0) is 11.3 Å². The molecule has 1 N–H and O–H groups in total. The van der Waals surface area contributed by atoms with E-state index in [0.29, 0.717) is 21.4 Å². The van der Waals surface area contributed by atoms with Crippen LogP contribution in [0.1, 0.15) is 11.3 Å². The fourth-order valence-corrected chi connectivity index (χ4v) is 2.35. The summed E-state index contributed by atoms with van der Waals surface area (Å²) in [5.41, 5.74) is 0.868. The second-order valence-corrected chi connectivity index (χ2v) is 6.05. The Balaban J connectivity index is 2.03. The largest absolute Gasteiger partial charge is 0.497 e. The Kier molecular flexibility index (Phi) is 6.02. The van der Waals surface area contributed by atoms with Gasteiger partial charge < -0.3 is 14.5 Å². The molecule has 0 saturated heterocycles. The van der Waals surface area contributed by atoms with Crippen molar-refractivity contribution >= 4 is 43.8 Å². The summed E-state index contributed by atoms with van der Waals surface area (Å²) in [6.07, 6.45) is 1.39. The van der Waals surface area contributed by atoms with E-state index in [0.717, 1.165) is 11.3 Å². The molecule has 0 unspecified atom stereocenters. The van der Waals surface area contributed by atoms with E-state index in [2.05, 4.69) is 37.2 Å². The zero-order valence-corrected chi connectivity index (χ0v) is 15.3. The van der Waals surface area contributed by atoms with Crippen molar-refractivity contribution in [3.63, 3.8) is 0 Å². The number of carbonyl (C=O) groups excluding carboxylic acids is 1. The van der Waals surface area contributed by atoms with Gasteiger partial charge in [-0.3, -0.25) is 4.79 Å². The van der Waals surface area contributed by atoms with Crippen LogP contribution >= 0.6 is 31.9 Å². The van der Waals surface area contributed by atoms with E-state index < -0.39 is 5.91 Å². The average molecular weight is 440 g/mol. The first-order chi connectivity index (χ1) is 11.0. The van der Waals surface area contributed by atoms with Crippen LogP contribution in [0.15, 0.2) is 49.5 Å². The molecule has 1 amide bonds. The molecule has 0 saturated carbocycles. The molecule has 1 aromatic heterocycles. The third-order valence-corrected chi connectivity index (χ3v) is 4.64. The third kappa shape index (κ3) is 4.71. The summed E-state index contributed by atoms with van der Waals surface area (Å²) in [5.74, 6) is 0.679. The van der Waals surface area contributed by atoms with Crippen molar-refractivity contribution in [3.8, 4) is 11.8 Å². The van der Waals surface area contributed by atoms with Crippen LogP contribution in [0.4, 0.5) is 0 Å². The van der Waals surface area contributed by atoms with Gasteiger partial charge in [0.05, 0.1) is 11.6 Å². The van der Waals surface area contributed by atoms with Crippen LogP contribution in [0.3, 0.4) is 0 Å². The van der Waals surface area contributed by atoms with Gasteiger partial charge in [-0.25, -0.2) is 0 Å². The van der Waals surface area contributed by atoms with Crippen molar-refractivity contribution in [3.05, 3.63) is 56.4 Å². The Hall–Kier alpha value is -2.04. The monoisotopic (exact) mass is 438 g/mol. The van der Waals surface area contributed by atoms with Gasteiger partial charge in [-0.1, -0.05) is 12.1 Å². The van der Waals surface area contributed by atoms with E-state index in [1.165, 1.54) is 6.08 Å². The molecule has 7 heteroatoms. The number of hydrogen-bond acceptors (Lipinski definition) is 4. The molecule has 0 aliphatic rings. The molecule has 0 aliphatic carbocycles. The lowest BCUT2D eigenvalue weighted by atomic mass is 10.2. The number of rotatable bonds is 5. The van der Waals surface area contributed by atoms with Crippen LogP contribution in [0.2, 0.25) is 0 Å². The summed E-state index contributed by atoms with van der Waals surface area (Å²) in [5, 5.41) is 11.8. The lowest BCUT2D eigenvalue weighted by molar-refractivity contribution is -0.117. The zero-order valence-electron chi connectivity index (χ0n) is 12.1. The van der Waals surface area contributed by atoms with Crippen molar-refractivity contribution in [2.24, 2.45) is 0 Å². The molecular formula is C16H12Br2N2O3. The molecule has 0 fully saturated rings. The Bertz CT molecular complexity index is 754. The van der Waals surface area contributed by atoms with E-state index >= 15 is 0 Å². The number of halogens is 2. The molecule has 0 spiro atoms. The molecule has 0 radical (unpaired) electrons. The summed E-state index contributed by atoms with van der Waals surface area (Å²) in [7, 11) is 1.59. The van der Waals surface area contributed by atoms with Gasteiger partial charge in [0.15, 0.2) is 4.67 Å². The van der Waals surface area contributed by atoms with E-state index in [9.17, 15) is 4.79 Å². The SMILES string of the molecule is COc1ccc(CNC(=O)C(C#N)=Cc2cc(Br)c(Br)o2)cc1. The third-order valence-electron chi connectivity index (χ3n) is 2.93. The van der Waals surface area contributed by atoms with Gasteiger partial charge in [0.2, 0.25) is 0 Å². The second-order valence-electron chi connectivity index (χ2n) is 4.47. The molecule has 2 aromatic rings.